The predicted octanol–water partition coefficient (Wildman–Crippen LogP) is 3.55. The van der Waals surface area contributed by atoms with E-state index in [1.807, 2.05) is 24.8 Å². The zero-order valence-corrected chi connectivity index (χ0v) is 19.4. The maximum Gasteiger partial charge on any atom is 0.310 e. The Bertz CT molecular complexity index is 948. The summed E-state index contributed by atoms with van der Waals surface area (Å²) in [4.78, 5) is 32.9. The van der Waals surface area contributed by atoms with Crippen molar-refractivity contribution in [3.63, 3.8) is 0 Å². The highest BCUT2D eigenvalue weighted by Crippen LogP contribution is 2.35. The van der Waals surface area contributed by atoms with E-state index >= 15 is 0 Å². The van der Waals surface area contributed by atoms with Gasteiger partial charge in [0.2, 0.25) is 5.91 Å². The lowest BCUT2D eigenvalue weighted by molar-refractivity contribution is -0.152. The number of piperidine rings is 2. The van der Waals surface area contributed by atoms with Crippen LogP contribution < -0.4 is 4.74 Å². The molecule has 4 rings (SSSR count). The predicted molar refractivity (Wildman–Crippen MR) is 124 cm³/mol. The molecule has 2 atom stereocenters. The lowest BCUT2D eigenvalue weighted by Crippen LogP contribution is -2.52. The van der Waals surface area contributed by atoms with Gasteiger partial charge in [0, 0.05) is 30.2 Å². The van der Waals surface area contributed by atoms with Crippen LogP contribution in [0.3, 0.4) is 0 Å². The second-order valence-corrected chi connectivity index (χ2v) is 9.02. The molecule has 32 heavy (non-hydrogen) atoms. The van der Waals surface area contributed by atoms with Gasteiger partial charge in [-0.2, -0.15) is 0 Å². The summed E-state index contributed by atoms with van der Waals surface area (Å²) in [6, 6.07) is 5.98. The van der Waals surface area contributed by atoms with Crippen molar-refractivity contribution in [2.45, 2.75) is 51.5 Å². The Morgan fingerprint density at radius 1 is 1.19 bits per heavy atom. The number of hydrogen-bond donors (Lipinski definition) is 1. The van der Waals surface area contributed by atoms with E-state index in [9.17, 15) is 9.59 Å². The van der Waals surface area contributed by atoms with Crippen LogP contribution in [0.4, 0.5) is 0 Å². The molecule has 2 aromatic rings. The van der Waals surface area contributed by atoms with Crippen LogP contribution in [0.2, 0.25) is 0 Å². The molecule has 2 saturated heterocycles. The molecule has 2 unspecified atom stereocenters. The van der Waals surface area contributed by atoms with Crippen LogP contribution in [-0.4, -0.2) is 72.6 Å². The molecular formula is C25H35N3O4. The van der Waals surface area contributed by atoms with Gasteiger partial charge in [0.15, 0.2) is 0 Å². The Kier molecular flexibility index (Phi) is 7.04. The molecule has 0 bridgehead atoms. The number of aromatic amines is 1. The zero-order chi connectivity index (χ0) is 22.7. The van der Waals surface area contributed by atoms with Crippen LogP contribution in [0.1, 0.15) is 51.0 Å². The van der Waals surface area contributed by atoms with Gasteiger partial charge in [-0.3, -0.25) is 14.5 Å². The fraction of sp³-hybridized carbons (Fsp3) is 0.600. The fourth-order valence-corrected chi connectivity index (χ4v) is 5.23. The number of likely N-dealkylation sites (tertiary alicyclic amines) is 2. The van der Waals surface area contributed by atoms with Gasteiger partial charge in [-0.05, 0) is 82.3 Å². The molecule has 0 spiro atoms. The molecule has 7 heteroatoms. The SMILES string of the molecule is CCOC(=O)C1CCCN(C(=O)C(C)N2CCC(c3c[nH]c4ccc(OC)cc34)CC2)C1. The van der Waals surface area contributed by atoms with Crippen LogP contribution in [0, 0.1) is 5.92 Å². The summed E-state index contributed by atoms with van der Waals surface area (Å²) in [7, 11) is 1.70. The number of hydrogen-bond acceptors (Lipinski definition) is 5. The lowest BCUT2D eigenvalue weighted by Gasteiger charge is -2.39. The molecule has 3 heterocycles. The van der Waals surface area contributed by atoms with Crippen LogP contribution in [0.15, 0.2) is 24.4 Å². The van der Waals surface area contributed by atoms with Crippen molar-refractivity contribution in [3.05, 3.63) is 30.0 Å². The Labute approximate surface area is 190 Å². The maximum atomic E-state index is 13.2. The van der Waals surface area contributed by atoms with Crippen LogP contribution >= 0.6 is 0 Å². The maximum absolute atomic E-state index is 13.2. The van der Waals surface area contributed by atoms with Gasteiger partial charge in [0.1, 0.15) is 5.75 Å². The van der Waals surface area contributed by atoms with Crippen molar-refractivity contribution >= 4 is 22.8 Å². The highest BCUT2D eigenvalue weighted by Gasteiger charge is 2.34. The molecule has 7 nitrogen and oxygen atoms in total. The van der Waals surface area contributed by atoms with E-state index in [-0.39, 0.29) is 23.8 Å². The molecule has 1 aromatic heterocycles. The lowest BCUT2D eigenvalue weighted by atomic mass is 9.88. The van der Waals surface area contributed by atoms with Crippen LogP contribution in [0.25, 0.3) is 10.9 Å². The standard InChI is InChI=1S/C25H35N3O4/c1-4-32-25(30)19-6-5-11-28(16-19)24(29)17(2)27-12-9-18(10-13-27)22-15-26-23-8-7-20(31-3)14-21(22)23/h7-8,14-15,17-19,26H,4-6,9-13,16H2,1-3H3. The normalized spacial score (nSPS) is 21.5. The van der Waals surface area contributed by atoms with E-state index < -0.39 is 0 Å². The minimum atomic E-state index is -0.190. The average Bonchev–Trinajstić information content (AvgIpc) is 3.26. The number of methoxy groups -OCH3 is 1. The van der Waals surface area contributed by atoms with E-state index in [1.54, 1.807) is 7.11 Å². The summed E-state index contributed by atoms with van der Waals surface area (Å²) in [6.07, 6.45) is 5.83. The monoisotopic (exact) mass is 441 g/mol. The number of rotatable bonds is 6. The number of esters is 1. The number of amides is 1. The molecule has 0 aliphatic carbocycles. The third kappa shape index (κ3) is 4.63. The highest BCUT2D eigenvalue weighted by atomic mass is 16.5. The third-order valence-corrected chi connectivity index (χ3v) is 7.15. The summed E-state index contributed by atoms with van der Waals surface area (Å²) in [6.45, 7) is 7.21. The molecule has 2 aliphatic rings. The topological polar surface area (TPSA) is 74.9 Å². The Morgan fingerprint density at radius 3 is 2.69 bits per heavy atom. The van der Waals surface area contributed by atoms with Crippen LogP contribution in [0.5, 0.6) is 5.75 Å². The van der Waals surface area contributed by atoms with Gasteiger partial charge in [-0.15, -0.1) is 0 Å². The quantitative estimate of drug-likeness (QED) is 0.694. The van der Waals surface area contributed by atoms with Crippen molar-refractivity contribution in [1.29, 1.82) is 0 Å². The average molecular weight is 442 g/mol. The van der Waals surface area contributed by atoms with Crippen molar-refractivity contribution in [2.75, 3.05) is 39.9 Å². The van der Waals surface area contributed by atoms with Crippen molar-refractivity contribution in [2.24, 2.45) is 5.92 Å². The van der Waals surface area contributed by atoms with E-state index in [2.05, 4.69) is 28.2 Å². The van der Waals surface area contributed by atoms with Gasteiger partial charge in [0.05, 0.1) is 25.7 Å². The van der Waals surface area contributed by atoms with Crippen molar-refractivity contribution in [1.82, 2.24) is 14.8 Å². The summed E-state index contributed by atoms with van der Waals surface area (Å²) >= 11 is 0. The van der Waals surface area contributed by atoms with E-state index in [4.69, 9.17) is 9.47 Å². The third-order valence-electron chi connectivity index (χ3n) is 7.15. The molecular weight excluding hydrogens is 406 g/mol. The molecule has 2 fully saturated rings. The number of carbonyl (C=O) groups is 2. The summed E-state index contributed by atoms with van der Waals surface area (Å²) in [5.74, 6) is 1.11. The van der Waals surface area contributed by atoms with Crippen molar-refractivity contribution < 1.29 is 19.1 Å². The van der Waals surface area contributed by atoms with E-state index in [1.165, 1.54) is 10.9 Å². The number of benzene rings is 1. The number of nitrogens with one attached hydrogen (secondary N) is 1. The second-order valence-electron chi connectivity index (χ2n) is 9.02. The van der Waals surface area contributed by atoms with E-state index in [0.717, 1.165) is 56.6 Å². The fourth-order valence-electron chi connectivity index (χ4n) is 5.23. The first kappa shape index (κ1) is 22.6. The Morgan fingerprint density at radius 2 is 1.97 bits per heavy atom. The molecule has 174 valence electrons. The first-order chi connectivity index (χ1) is 15.5. The number of ether oxygens (including phenoxy) is 2. The highest BCUT2D eigenvalue weighted by molar-refractivity contribution is 5.85. The van der Waals surface area contributed by atoms with Gasteiger partial charge in [-0.25, -0.2) is 0 Å². The zero-order valence-electron chi connectivity index (χ0n) is 19.4. The molecule has 2 aliphatic heterocycles. The largest absolute Gasteiger partial charge is 0.497 e. The molecule has 1 aromatic carbocycles. The summed E-state index contributed by atoms with van der Waals surface area (Å²) in [5.41, 5.74) is 2.47. The van der Waals surface area contributed by atoms with Gasteiger partial charge in [0.25, 0.3) is 0 Å². The first-order valence-corrected chi connectivity index (χ1v) is 11.9. The molecule has 0 radical (unpaired) electrons. The minimum Gasteiger partial charge on any atom is -0.497 e. The van der Waals surface area contributed by atoms with Gasteiger partial charge < -0.3 is 19.4 Å². The minimum absolute atomic E-state index is 0.134. The van der Waals surface area contributed by atoms with Crippen molar-refractivity contribution in [3.8, 4) is 5.75 Å². The Balaban J connectivity index is 1.36. The van der Waals surface area contributed by atoms with Gasteiger partial charge in [-0.1, -0.05) is 0 Å². The van der Waals surface area contributed by atoms with E-state index in [0.29, 0.717) is 19.1 Å². The number of H-pyrrole nitrogens is 1. The Hall–Kier alpha value is -2.54. The summed E-state index contributed by atoms with van der Waals surface area (Å²) < 4.78 is 10.6. The summed E-state index contributed by atoms with van der Waals surface area (Å²) in [5, 5.41) is 1.23. The number of fused-ring (bicyclic) bond motifs is 1. The molecule has 1 N–H and O–H groups in total. The van der Waals surface area contributed by atoms with Crippen LogP contribution in [-0.2, 0) is 14.3 Å². The smallest absolute Gasteiger partial charge is 0.310 e. The van der Waals surface area contributed by atoms with Gasteiger partial charge >= 0.3 is 5.97 Å². The number of aromatic nitrogens is 1. The molecule has 1 amide bonds. The number of carbonyl (C=O) groups excluding carboxylic acids is 2. The molecule has 0 saturated carbocycles. The number of nitrogens with zero attached hydrogens (tertiary/aromatic N) is 2. The second kappa shape index (κ2) is 9.94. The first-order valence-electron chi connectivity index (χ1n) is 11.9.